The highest BCUT2D eigenvalue weighted by molar-refractivity contribution is 7.98. The van der Waals surface area contributed by atoms with E-state index in [0.717, 1.165) is 33.4 Å². The van der Waals surface area contributed by atoms with E-state index in [1.807, 2.05) is 61.5 Å². The molecule has 0 saturated carbocycles. The van der Waals surface area contributed by atoms with Gasteiger partial charge < -0.3 is 4.74 Å². The number of thioether (sulfide) groups is 1. The average Bonchev–Trinajstić information content (AvgIpc) is 3.11. The SMILES string of the molecule is CCOc1ccc(-c2nnc3ccc(SCc4ccccn4)nn23)cc1. The molecule has 0 radical (unpaired) electrons. The summed E-state index contributed by atoms with van der Waals surface area (Å²) < 4.78 is 7.27. The van der Waals surface area contributed by atoms with Crippen LogP contribution in [-0.2, 0) is 5.75 Å². The van der Waals surface area contributed by atoms with Gasteiger partial charge in [-0.05, 0) is 55.5 Å². The molecule has 0 unspecified atom stereocenters. The van der Waals surface area contributed by atoms with Crippen LogP contribution in [0.15, 0.2) is 65.8 Å². The number of aromatic nitrogens is 5. The molecule has 0 saturated heterocycles. The van der Waals surface area contributed by atoms with Crippen LogP contribution in [0.4, 0.5) is 0 Å². The zero-order valence-corrected chi connectivity index (χ0v) is 15.1. The van der Waals surface area contributed by atoms with E-state index in [2.05, 4.69) is 20.3 Å². The van der Waals surface area contributed by atoms with Crippen LogP contribution in [0.25, 0.3) is 17.0 Å². The fraction of sp³-hybridized carbons (Fsp3) is 0.158. The van der Waals surface area contributed by atoms with Gasteiger partial charge in [-0.25, -0.2) is 0 Å². The van der Waals surface area contributed by atoms with Crippen molar-refractivity contribution in [3.8, 4) is 17.1 Å². The van der Waals surface area contributed by atoms with Gasteiger partial charge in [0.2, 0.25) is 0 Å². The first-order chi connectivity index (χ1) is 12.8. The number of fused-ring (bicyclic) bond motifs is 1. The second kappa shape index (κ2) is 7.53. The Labute approximate surface area is 155 Å². The maximum absolute atomic E-state index is 5.49. The molecule has 26 heavy (non-hydrogen) atoms. The van der Waals surface area contributed by atoms with Gasteiger partial charge in [-0.1, -0.05) is 17.8 Å². The zero-order chi connectivity index (χ0) is 17.8. The third kappa shape index (κ3) is 3.52. The van der Waals surface area contributed by atoms with Crippen LogP contribution in [0.5, 0.6) is 5.75 Å². The van der Waals surface area contributed by atoms with E-state index in [-0.39, 0.29) is 0 Å². The molecule has 3 aromatic heterocycles. The Bertz CT molecular complexity index is 1000. The normalized spacial score (nSPS) is 11.0. The van der Waals surface area contributed by atoms with Gasteiger partial charge in [0, 0.05) is 17.5 Å². The lowest BCUT2D eigenvalue weighted by atomic mass is 10.2. The second-order valence-electron chi connectivity index (χ2n) is 5.53. The Morgan fingerprint density at radius 3 is 2.65 bits per heavy atom. The lowest BCUT2D eigenvalue weighted by Crippen LogP contribution is -1.97. The lowest BCUT2D eigenvalue weighted by Gasteiger charge is -2.05. The van der Waals surface area contributed by atoms with Crippen molar-refractivity contribution in [3.05, 3.63) is 66.5 Å². The molecule has 6 nitrogen and oxygen atoms in total. The van der Waals surface area contributed by atoms with Gasteiger partial charge in [0.25, 0.3) is 0 Å². The van der Waals surface area contributed by atoms with Crippen molar-refractivity contribution < 1.29 is 4.74 Å². The van der Waals surface area contributed by atoms with E-state index in [9.17, 15) is 0 Å². The molecular weight excluding hydrogens is 346 g/mol. The molecule has 0 aliphatic rings. The summed E-state index contributed by atoms with van der Waals surface area (Å²) in [6.07, 6.45) is 1.80. The highest BCUT2D eigenvalue weighted by Crippen LogP contribution is 2.24. The van der Waals surface area contributed by atoms with Crippen molar-refractivity contribution in [3.63, 3.8) is 0 Å². The number of nitrogens with zero attached hydrogens (tertiary/aromatic N) is 5. The second-order valence-corrected chi connectivity index (χ2v) is 6.53. The summed E-state index contributed by atoms with van der Waals surface area (Å²) in [5.41, 5.74) is 2.69. The largest absolute Gasteiger partial charge is 0.494 e. The summed E-state index contributed by atoms with van der Waals surface area (Å²) in [6.45, 7) is 2.61. The monoisotopic (exact) mass is 363 g/mol. The average molecular weight is 363 g/mol. The number of ether oxygens (including phenoxy) is 1. The molecule has 130 valence electrons. The predicted octanol–water partition coefficient (Wildman–Crippen LogP) is 3.88. The summed E-state index contributed by atoms with van der Waals surface area (Å²) in [7, 11) is 0. The number of rotatable bonds is 6. The minimum absolute atomic E-state index is 0.644. The van der Waals surface area contributed by atoms with Crippen LogP contribution < -0.4 is 4.74 Å². The van der Waals surface area contributed by atoms with Crippen LogP contribution >= 0.6 is 11.8 Å². The molecule has 0 spiro atoms. The third-order valence-corrected chi connectivity index (χ3v) is 4.71. The number of pyridine rings is 1. The first kappa shape index (κ1) is 16.5. The Morgan fingerprint density at radius 2 is 1.88 bits per heavy atom. The molecule has 0 fully saturated rings. The topological polar surface area (TPSA) is 65.2 Å². The maximum atomic E-state index is 5.49. The van der Waals surface area contributed by atoms with Crippen LogP contribution in [0.1, 0.15) is 12.6 Å². The first-order valence-corrected chi connectivity index (χ1v) is 9.30. The molecular formula is C19H17N5OS. The maximum Gasteiger partial charge on any atom is 0.185 e. The van der Waals surface area contributed by atoms with E-state index >= 15 is 0 Å². The molecule has 0 aliphatic carbocycles. The molecule has 0 bridgehead atoms. The summed E-state index contributed by atoms with van der Waals surface area (Å²) in [5, 5.41) is 14.1. The van der Waals surface area contributed by atoms with Gasteiger partial charge in [-0.3, -0.25) is 4.98 Å². The van der Waals surface area contributed by atoms with Gasteiger partial charge in [0.05, 0.1) is 12.3 Å². The van der Waals surface area contributed by atoms with Gasteiger partial charge in [-0.2, -0.15) is 9.61 Å². The fourth-order valence-electron chi connectivity index (χ4n) is 2.53. The minimum atomic E-state index is 0.644. The van der Waals surface area contributed by atoms with E-state index in [1.165, 1.54) is 0 Å². The summed E-state index contributed by atoms with van der Waals surface area (Å²) in [6, 6.07) is 17.6. The molecule has 0 N–H and O–H groups in total. The van der Waals surface area contributed by atoms with Gasteiger partial charge >= 0.3 is 0 Å². The van der Waals surface area contributed by atoms with E-state index in [1.54, 1.807) is 22.5 Å². The summed E-state index contributed by atoms with van der Waals surface area (Å²) in [5.74, 6) is 2.31. The highest BCUT2D eigenvalue weighted by atomic mass is 32.2. The summed E-state index contributed by atoms with van der Waals surface area (Å²) >= 11 is 1.63. The number of hydrogen-bond donors (Lipinski definition) is 0. The van der Waals surface area contributed by atoms with E-state index < -0.39 is 0 Å². The lowest BCUT2D eigenvalue weighted by molar-refractivity contribution is 0.340. The van der Waals surface area contributed by atoms with E-state index in [4.69, 9.17) is 4.74 Å². The Balaban J connectivity index is 1.60. The van der Waals surface area contributed by atoms with Crippen molar-refractivity contribution in [1.82, 2.24) is 24.8 Å². The van der Waals surface area contributed by atoms with Crippen molar-refractivity contribution >= 4 is 17.4 Å². The highest BCUT2D eigenvalue weighted by Gasteiger charge is 2.10. The molecule has 7 heteroatoms. The van der Waals surface area contributed by atoms with Gasteiger partial charge in [0.15, 0.2) is 11.5 Å². The van der Waals surface area contributed by atoms with Crippen LogP contribution in [0.2, 0.25) is 0 Å². The van der Waals surface area contributed by atoms with Crippen molar-refractivity contribution in [2.24, 2.45) is 0 Å². The first-order valence-electron chi connectivity index (χ1n) is 8.32. The van der Waals surface area contributed by atoms with Gasteiger partial charge in [-0.15, -0.1) is 10.2 Å². The van der Waals surface area contributed by atoms with E-state index in [0.29, 0.717) is 12.4 Å². The predicted molar refractivity (Wildman–Crippen MR) is 101 cm³/mol. The molecule has 0 amide bonds. The third-order valence-electron chi connectivity index (χ3n) is 3.76. The molecule has 0 atom stereocenters. The van der Waals surface area contributed by atoms with Crippen molar-refractivity contribution in [1.29, 1.82) is 0 Å². The Hall–Kier alpha value is -2.93. The molecule has 0 aliphatic heterocycles. The quantitative estimate of drug-likeness (QED) is 0.485. The zero-order valence-electron chi connectivity index (χ0n) is 14.2. The van der Waals surface area contributed by atoms with Crippen molar-refractivity contribution in [2.45, 2.75) is 17.7 Å². The molecule has 1 aromatic carbocycles. The number of hydrogen-bond acceptors (Lipinski definition) is 6. The van der Waals surface area contributed by atoms with Crippen LogP contribution in [-0.4, -0.2) is 31.4 Å². The van der Waals surface area contributed by atoms with Gasteiger partial charge in [0.1, 0.15) is 10.8 Å². The Morgan fingerprint density at radius 1 is 1.00 bits per heavy atom. The van der Waals surface area contributed by atoms with Crippen molar-refractivity contribution in [2.75, 3.05) is 6.61 Å². The standard InChI is InChI=1S/C19H17N5OS/c1-2-25-16-8-6-14(7-9-16)19-22-21-17-10-11-18(23-24(17)19)26-13-15-5-3-4-12-20-15/h3-12H,2,13H2,1H3. The smallest absolute Gasteiger partial charge is 0.185 e. The molecule has 4 rings (SSSR count). The summed E-state index contributed by atoms with van der Waals surface area (Å²) in [4.78, 5) is 4.34. The number of benzene rings is 1. The fourth-order valence-corrected chi connectivity index (χ4v) is 3.30. The molecule has 4 aromatic rings. The minimum Gasteiger partial charge on any atom is -0.494 e. The Kier molecular flexibility index (Phi) is 4.79. The molecule has 3 heterocycles. The van der Waals surface area contributed by atoms with Crippen LogP contribution in [0, 0.1) is 0 Å². The van der Waals surface area contributed by atoms with Crippen LogP contribution in [0.3, 0.4) is 0 Å².